The van der Waals surface area contributed by atoms with Crippen LogP contribution in [0.25, 0.3) is 0 Å². The van der Waals surface area contributed by atoms with E-state index in [2.05, 4.69) is 10.6 Å². The summed E-state index contributed by atoms with van der Waals surface area (Å²) in [6, 6.07) is 4.61. The number of imide groups is 1. The Morgan fingerprint density at radius 3 is 2.82 bits per heavy atom. The Balaban J connectivity index is 2.10. The minimum Gasteiger partial charge on any atom is -0.458 e. The molecule has 1 saturated heterocycles. The first kappa shape index (κ1) is 9.95. The number of rotatable bonds is 0. The summed E-state index contributed by atoms with van der Waals surface area (Å²) in [4.78, 5) is 23.1. The van der Waals surface area contributed by atoms with Crippen LogP contribution in [-0.2, 0) is 4.79 Å². The van der Waals surface area contributed by atoms with Crippen molar-refractivity contribution in [2.75, 3.05) is 5.73 Å². The molecule has 2 unspecified atom stereocenters. The fourth-order valence-corrected chi connectivity index (χ4v) is 2.31. The third-order valence-electron chi connectivity index (χ3n) is 3.24. The number of urea groups is 1. The summed E-state index contributed by atoms with van der Waals surface area (Å²) in [6.07, 6.45) is 0. The fourth-order valence-electron chi connectivity index (χ4n) is 2.31. The van der Waals surface area contributed by atoms with E-state index in [0.29, 0.717) is 11.4 Å². The molecule has 2 heterocycles. The molecular weight excluding hydrogens is 222 g/mol. The topological polar surface area (TPSA) is 93.4 Å². The zero-order valence-corrected chi connectivity index (χ0v) is 9.11. The van der Waals surface area contributed by atoms with Crippen molar-refractivity contribution in [2.45, 2.75) is 18.6 Å². The van der Waals surface area contributed by atoms with E-state index < -0.39 is 17.7 Å². The van der Waals surface area contributed by atoms with E-state index in [-0.39, 0.29) is 5.92 Å². The van der Waals surface area contributed by atoms with E-state index in [1.54, 1.807) is 18.2 Å². The molecule has 3 rings (SSSR count). The average Bonchev–Trinajstić information content (AvgIpc) is 2.69. The van der Waals surface area contributed by atoms with Crippen LogP contribution < -0.4 is 21.1 Å². The van der Waals surface area contributed by atoms with Gasteiger partial charge in [0.25, 0.3) is 11.6 Å². The number of nitrogens with one attached hydrogen (secondary N) is 2. The normalized spacial score (nSPS) is 29.8. The molecular formula is C11H11N3O3. The van der Waals surface area contributed by atoms with E-state index in [9.17, 15) is 9.59 Å². The molecule has 1 aromatic rings. The summed E-state index contributed by atoms with van der Waals surface area (Å²) in [5, 5.41) is 4.72. The Hall–Kier alpha value is -2.24. The maximum Gasteiger partial charge on any atom is 0.325 e. The lowest BCUT2D eigenvalue weighted by atomic mass is 9.92. The van der Waals surface area contributed by atoms with Crippen molar-refractivity contribution in [1.82, 2.24) is 10.6 Å². The van der Waals surface area contributed by atoms with E-state index in [1.165, 1.54) is 0 Å². The maximum absolute atomic E-state index is 11.8. The van der Waals surface area contributed by atoms with Gasteiger partial charge < -0.3 is 10.5 Å². The molecule has 4 N–H and O–H groups in total. The number of nitrogens with two attached hydrogens (primary N) is 1. The van der Waals surface area contributed by atoms with Gasteiger partial charge in [0.2, 0.25) is 0 Å². The molecule has 2 aliphatic heterocycles. The van der Waals surface area contributed by atoms with Gasteiger partial charge in [-0.25, -0.2) is 4.79 Å². The molecule has 6 nitrogen and oxygen atoms in total. The number of nitrogen functional groups attached to an aromatic ring is 1. The van der Waals surface area contributed by atoms with Gasteiger partial charge in [-0.05, 0) is 18.2 Å². The summed E-state index contributed by atoms with van der Waals surface area (Å²) in [7, 11) is 0. The minimum atomic E-state index is -1.33. The zero-order chi connectivity index (χ0) is 12.2. The van der Waals surface area contributed by atoms with Gasteiger partial charge in [0.05, 0.1) is 5.92 Å². The number of amides is 3. The number of fused-ring (bicyclic) bond motifs is 1. The highest BCUT2D eigenvalue weighted by atomic mass is 16.5. The smallest absolute Gasteiger partial charge is 0.325 e. The van der Waals surface area contributed by atoms with Crippen LogP contribution in [0.1, 0.15) is 18.4 Å². The Labute approximate surface area is 97.1 Å². The molecule has 0 saturated carbocycles. The van der Waals surface area contributed by atoms with Crippen molar-refractivity contribution < 1.29 is 14.3 Å². The van der Waals surface area contributed by atoms with Crippen molar-refractivity contribution >= 4 is 17.6 Å². The van der Waals surface area contributed by atoms with E-state index >= 15 is 0 Å². The first-order valence-corrected chi connectivity index (χ1v) is 5.25. The summed E-state index contributed by atoms with van der Waals surface area (Å²) >= 11 is 0. The molecule has 1 fully saturated rings. The zero-order valence-electron chi connectivity index (χ0n) is 9.11. The van der Waals surface area contributed by atoms with Crippen LogP contribution in [0.4, 0.5) is 10.5 Å². The highest BCUT2D eigenvalue weighted by molar-refractivity contribution is 6.07. The van der Waals surface area contributed by atoms with Gasteiger partial charge >= 0.3 is 6.03 Å². The van der Waals surface area contributed by atoms with Crippen molar-refractivity contribution in [3.05, 3.63) is 23.8 Å². The molecule has 0 bridgehead atoms. The van der Waals surface area contributed by atoms with Crippen LogP contribution in [0.2, 0.25) is 0 Å². The summed E-state index contributed by atoms with van der Waals surface area (Å²) in [5.41, 5.74) is 5.79. The highest BCUT2D eigenvalue weighted by Crippen LogP contribution is 2.45. The molecule has 2 atom stereocenters. The summed E-state index contributed by atoms with van der Waals surface area (Å²) < 4.78 is 5.61. The third-order valence-corrected chi connectivity index (χ3v) is 3.24. The molecule has 0 aromatic heterocycles. The number of hydrogen-bond acceptors (Lipinski definition) is 4. The maximum atomic E-state index is 11.8. The second-order valence-electron chi connectivity index (χ2n) is 4.26. The van der Waals surface area contributed by atoms with Gasteiger partial charge in [-0.15, -0.1) is 0 Å². The standard InChI is InChI=1S/C11H11N3O3/c1-5-7-4-6(12)2-3-8(7)17-11(5)9(15)13-10(16)14-11/h2-5H,12H2,1H3,(H2,13,14,15,16). The first-order valence-electron chi connectivity index (χ1n) is 5.25. The van der Waals surface area contributed by atoms with Crippen LogP contribution in [0.5, 0.6) is 5.75 Å². The molecule has 3 amide bonds. The van der Waals surface area contributed by atoms with Gasteiger partial charge in [0, 0.05) is 11.3 Å². The number of ether oxygens (including phenoxy) is 1. The van der Waals surface area contributed by atoms with E-state index in [4.69, 9.17) is 10.5 Å². The van der Waals surface area contributed by atoms with Gasteiger partial charge in [0.15, 0.2) is 0 Å². The van der Waals surface area contributed by atoms with Crippen LogP contribution in [0.3, 0.4) is 0 Å². The molecule has 0 aliphatic carbocycles. The lowest BCUT2D eigenvalue weighted by molar-refractivity contribution is -0.134. The molecule has 17 heavy (non-hydrogen) atoms. The van der Waals surface area contributed by atoms with Gasteiger partial charge in [-0.2, -0.15) is 0 Å². The van der Waals surface area contributed by atoms with Crippen LogP contribution in [0, 0.1) is 0 Å². The quantitative estimate of drug-likeness (QED) is 0.444. The van der Waals surface area contributed by atoms with Gasteiger partial charge in [-0.1, -0.05) is 6.92 Å². The Morgan fingerprint density at radius 1 is 1.41 bits per heavy atom. The predicted octanol–water partition coefficient (Wildman–Crippen LogP) is 0.300. The third kappa shape index (κ3) is 1.15. The summed E-state index contributed by atoms with van der Waals surface area (Å²) in [6.45, 7) is 1.82. The SMILES string of the molecule is CC1c2cc(N)ccc2OC12NC(=O)NC2=O. The van der Waals surface area contributed by atoms with Crippen LogP contribution in [-0.4, -0.2) is 17.7 Å². The molecule has 88 valence electrons. The molecule has 0 radical (unpaired) electrons. The Kier molecular flexibility index (Phi) is 1.70. The molecule has 6 heteroatoms. The minimum absolute atomic E-state index is 0.285. The van der Waals surface area contributed by atoms with Gasteiger partial charge in [0.1, 0.15) is 5.75 Å². The molecule has 1 aromatic carbocycles. The van der Waals surface area contributed by atoms with Crippen molar-refractivity contribution in [1.29, 1.82) is 0 Å². The summed E-state index contributed by atoms with van der Waals surface area (Å²) in [5.74, 6) is -0.179. The van der Waals surface area contributed by atoms with Crippen molar-refractivity contribution in [3.63, 3.8) is 0 Å². The number of carbonyl (C=O) groups excluding carboxylic acids is 2. The van der Waals surface area contributed by atoms with Crippen molar-refractivity contribution in [2.24, 2.45) is 0 Å². The fraction of sp³-hybridized carbons (Fsp3) is 0.273. The van der Waals surface area contributed by atoms with E-state index in [0.717, 1.165) is 5.56 Å². The lowest BCUT2D eigenvalue weighted by Gasteiger charge is -2.24. The van der Waals surface area contributed by atoms with Gasteiger partial charge in [-0.3, -0.25) is 15.4 Å². The van der Waals surface area contributed by atoms with Crippen molar-refractivity contribution in [3.8, 4) is 5.75 Å². The van der Waals surface area contributed by atoms with Crippen LogP contribution >= 0.6 is 0 Å². The monoisotopic (exact) mass is 233 g/mol. The number of carbonyl (C=O) groups is 2. The Morgan fingerprint density at radius 2 is 2.18 bits per heavy atom. The average molecular weight is 233 g/mol. The predicted molar refractivity (Wildman–Crippen MR) is 59.3 cm³/mol. The number of anilines is 1. The molecule has 1 spiro atoms. The van der Waals surface area contributed by atoms with Crippen LogP contribution in [0.15, 0.2) is 18.2 Å². The van der Waals surface area contributed by atoms with E-state index in [1.807, 2.05) is 6.92 Å². The lowest BCUT2D eigenvalue weighted by Crippen LogP contribution is -2.53. The molecule has 2 aliphatic rings. The number of benzene rings is 1. The number of hydrogen-bond donors (Lipinski definition) is 3. The Bertz CT molecular complexity index is 543. The highest BCUT2D eigenvalue weighted by Gasteiger charge is 2.57. The second-order valence-corrected chi connectivity index (χ2v) is 4.26. The first-order chi connectivity index (χ1) is 8.03. The largest absolute Gasteiger partial charge is 0.458 e. The second kappa shape index (κ2) is 2.91.